The molecule has 0 fully saturated rings. The summed E-state index contributed by atoms with van der Waals surface area (Å²) in [6, 6.07) is 22.2. The third-order valence-electron chi connectivity index (χ3n) is 7.04. The number of sulfonamides is 1. The number of para-hydroxylation sites is 1. The average molecular weight is 573 g/mol. The standard InChI is InChI=1S/C31H33FN6O2S/c1-3-37(4-2)18-9-19-38-21-26(25-10-5-7-12-29(25)38)28-20-31(34-22-33-28)35-23-14-16-24(17-15-23)36-41(39,40)30-13-8-6-11-27(30)32/h5-8,10-17,20-22,36H,3-4,9,18-19H2,1-2H3,(H,33,34,35). The highest BCUT2D eigenvalue weighted by atomic mass is 32.2. The van der Waals surface area contributed by atoms with E-state index in [-0.39, 0.29) is 0 Å². The Labute approximate surface area is 239 Å². The summed E-state index contributed by atoms with van der Waals surface area (Å²) in [5.74, 6) is -0.200. The van der Waals surface area contributed by atoms with Crippen LogP contribution in [-0.2, 0) is 16.6 Å². The predicted octanol–water partition coefficient (Wildman–Crippen LogP) is 6.51. The van der Waals surface area contributed by atoms with E-state index in [2.05, 4.69) is 67.7 Å². The maximum Gasteiger partial charge on any atom is 0.264 e. The Kier molecular flexibility index (Phi) is 8.61. The highest BCUT2D eigenvalue weighted by Gasteiger charge is 2.18. The van der Waals surface area contributed by atoms with Gasteiger partial charge in [0.25, 0.3) is 10.0 Å². The van der Waals surface area contributed by atoms with Crippen LogP contribution in [0.15, 0.2) is 96.3 Å². The maximum absolute atomic E-state index is 14.0. The number of aromatic nitrogens is 3. The second-order valence-corrected chi connectivity index (χ2v) is 11.3. The average Bonchev–Trinajstić information content (AvgIpc) is 3.35. The summed E-state index contributed by atoms with van der Waals surface area (Å²) in [5, 5.41) is 4.39. The van der Waals surface area contributed by atoms with E-state index in [1.807, 2.05) is 12.1 Å². The van der Waals surface area contributed by atoms with Crippen molar-refractivity contribution in [3.8, 4) is 11.3 Å². The Morgan fingerprint density at radius 2 is 1.61 bits per heavy atom. The molecule has 0 aliphatic rings. The number of benzene rings is 3. The van der Waals surface area contributed by atoms with Gasteiger partial charge in [-0.1, -0.05) is 44.2 Å². The highest BCUT2D eigenvalue weighted by molar-refractivity contribution is 7.92. The Morgan fingerprint density at radius 1 is 0.902 bits per heavy atom. The van der Waals surface area contributed by atoms with Crippen molar-refractivity contribution in [1.29, 1.82) is 0 Å². The second kappa shape index (κ2) is 12.5. The summed E-state index contributed by atoms with van der Waals surface area (Å²) in [6.07, 6.45) is 4.75. The minimum atomic E-state index is -4.05. The highest BCUT2D eigenvalue weighted by Crippen LogP contribution is 2.31. The van der Waals surface area contributed by atoms with Gasteiger partial charge in [0.2, 0.25) is 0 Å². The first-order chi connectivity index (χ1) is 19.9. The first-order valence-electron chi connectivity index (χ1n) is 13.6. The van der Waals surface area contributed by atoms with Crippen molar-refractivity contribution in [2.45, 2.75) is 31.7 Å². The van der Waals surface area contributed by atoms with E-state index in [0.717, 1.165) is 55.3 Å². The largest absolute Gasteiger partial charge is 0.347 e. The molecule has 2 aromatic heterocycles. The van der Waals surface area contributed by atoms with E-state index in [0.29, 0.717) is 17.2 Å². The molecule has 0 aliphatic carbocycles. The number of anilines is 3. The molecule has 0 unspecified atom stereocenters. The molecule has 8 nitrogen and oxygen atoms in total. The molecule has 10 heteroatoms. The summed E-state index contributed by atoms with van der Waals surface area (Å²) in [6.45, 7) is 8.46. The zero-order valence-corrected chi connectivity index (χ0v) is 23.9. The Bertz CT molecular complexity index is 1730. The van der Waals surface area contributed by atoms with E-state index in [1.54, 1.807) is 24.3 Å². The molecule has 0 spiro atoms. The monoisotopic (exact) mass is 572 g/mol. The van der Waals surface area contributed by atoms with Gasteiger partial charge >= 0.3 is 0 Å². The molecule has 5 aromatic rings. The van der Waals surface area contributed by atoms with Gasteiger partial charge in [0, 0.05) is 46.6 Å². The van der Waals surface area contributed by atoms with Gasteiger partial charge in [0.05, 0.1) is 5.69 Å². The third kappa shape index (κ3) is 6.55. The van der Waals surface area contributed by atoms with Crippen LogP contribution in [0.4, 0.5) is 21.6 Å². The maximum atomic E-state index is 14.0. The lowest BCUT2D eigenvalue weighted by molar-refractivity contribution is 0.294. The lowest BCUT2D eigenvalue weighted by Crippen LogP contribution is -2.24. The summed E-state index contributed by atoms with van der Waals surface area (Å²) in [5.41, 5.74) is 4.03. The molecule has 212 valence electrons. The van der Waals surface area contributed by atoms with Crippen LogP contribution in [-0.4, -0.2) is 47.5 Å². The van der Waals surface area contributed by atoms with Crippen molar-refractivity contribution >= 4 is 38.1 Å². The topological polar surface area (TPSA) is 92.2 Å². The van der Waals surface area contributed by atoms with Gasteiger partial charge in [0.1, 0.15) is 22.9 Å². The van der Waals surface area contributed by atoms with Crippen molar-refractivity contribution in [1.82, 2.24) is 19.4 Å². The minimum absolute atomic E-state index is 0.316. The first kappa shape index (κ1) is 28.3. The van der Waals surface area contributed by atoms with Gasteiger partial charge in [-0.3, -0.25) is 4.72 Å². The number of fused-ring (bicyclic) bond motifs is 1. The van der Waals surface area contributed by atoms with Crippen LogP contribution >= 0.6 is 0 Å². The van der Waals surface area contributed by atoms with E-state index < -0.39 is 20.7 Å². The van der Waals surface area contributed by atoms with Crippen LogP contribution < -0.4 is 10.0 Å². The lowest BCUT2D eigenvalue weighted by Gasteiger charge is -2.17. The SMILES string of the molecule is CCN(CC)CCCn1cc(-c2cc(Nc3ccc(NS(=O)(=O)c4ccccc4F)cc3)ncn2)c2ccccc21. The molecule has 0 amide bonds. The summed E-state index contributed by atoms with van der Waals surface area (Å²) >= 11 is 0. The Morgan fingerprint density at radius 3 is 2.37 bits per heavy atom. The molecule has 3 aromatic carbocycles. The fraction of sp³-hybridized carbons (Fsp3) is 0.226. The number of aryl methyl sites for hydroxylation is 1. The summed E-state index contributed by atoms with van der Waals surface area (Å²) in [4.78, 5) is 11.0. The van der Waals surface area contributed by atoms with Crippen molar-refractivity contribution in [2.24, 2.45) is 0 Å². The molecule has 0 saturated carbocycles. The quantitative estimate of drug-likeness (QED) is 0.177. The zero-order chi connectivity index (χ0) is 28.8. The van der Waals surface area contributed by atoms with Gasteiger partial charge in [0.15, 0.2) is 0 Å². The lowest BCUT2D eigenvalue weighted by atomic mass is 10.1. The molecule has 2 N–H and O–H groups in total. The van der Waals surface area contributed by atoms with Crippen LogP contribution in [0.1, 0.15) is 20.3 Å². The van der Waals surface area contributed by atoms with Crippen molar-refractivity contribution < 1.29 is 12.8 Å². The minimum Gasteiger partial charge on any atom is -0.347 e. The molecule has 0 radical (unpaired) electrons. The van der Waals surface area contributed by atoms with Crippen LogP contribution in [0.5, 0.6) is 0 Å². The molecular weight excluding hydrogens is 539 g/mol. The molecule has 2 heterocycles. The third-order valence-corrected chi connectivity index (χ3v) is 8.45. The van der Waals surface area contributed by atoms with Crippen molar-refractivity contribution in [2.75, 3.05) is 29.7 Å². The van der Waals surface area contributed by atoms with Gasteiger partial charge in [-0.25, -0.2) is 22.8 Å². The number of nitrogens with one attached hydrogen (secondary N) is 2. The van der Waals surface area contributed by atoms with Crippen LogP contribution in [0, 0.1) is 5.82 Å². The molecule has 0 aliphatic heterocycles. The number of halogens is 1. The normalized spacial score (nSPS) is 11.7. The number of hydrogen-bond donors (Lipinski definition) is 2. The number of nitrogens with zero attached hydrogens (tertiary/aromatic N) is 4. The zero-order valence-electron chi connectivity index (χ0n) is 23.1. The second-order valence-electron chi connectivity index (χ2n) is 9.66. The fourth-order valence-electron chi connectivity index (χ4n) is 4.86. The van der Waals surface area contributed by atoms with Gasteiger partial charge < -0.3 is 14.8 Å². The molecule has 0 bridgehead atoms. The Balaban J connectivity index is 1.32. The smallest absolute Gasteiger partial charge is 0.264 e. The molecular formula is C31H33FN6O2S. The van der Waals surface area contributed by atoms with E-state index in [1.165, 1.54) is 30.0 Å². The summed E-state index contributed by atoms with van der Waals surface area (Å²) in [7, 11) is -4.05. The van der Waals surface area contributed by atoms with E-state index >= 15 is 0 Å². The number of hydrogen-bond acceptors (Lipinski definition) is 6. The number of rotatable bonds is 12. The molecule has 0 saturated heterocycles. The van der Waals surface area contributed by atoms with Crippen LogP contribution in [0.2, 0.25) is 0 Å². The van der Waals surface area contributed by atoms with E-state index in [9.17, 15) is 12.8 Å². The van der Waals surface area contributed by atoms with Crippen LogP contribution in [0.3, 0.4) is 0 Å². The van der Waals surface area contributed by atoms with Crippen LogP contribution in [0.25, 0.3) is 22.2 Å². The van der Waals surface area contributed by atoms with Gasteiger partial charge in [-0.2, -0.15) is 0 Å². The van der Waals surface area contributed by atoms with Gasteiger partial charge in [-0.15, -0.1) is 0 Å². The van der Waals surface area contributed by atoms with Gasteiger partial charge in [-0.05, 0) is 68.5 Å². The van der Waals surface area contributed by atoms with E-state index in [4.69, 9.17) is 0 Å². The molecule has 5 rings (SSSR count). The van der Waals surface area contributed by atoms with Crippen molar-refractivity contribution in [3.63, 3.8) is 0 Å². The van der Waals surface area contributed by atoms with Crippen molar-refractivity contribution in [3.05, 3.63) is 97.2 Å². The predicted molar refractivity (Wildman–Crippen MR) is 162 cm³/mol. The fourth-order valence-corrected chi connectivity index (χ4v) is 5.99. The molecule has 41 heavy (non-hydrogen) atoms. The summed E-state index contributed by atoms with van der Waals surface area (Å²) < 4.78 is 43.9. The molecule has 0 atom stereocenters. The first-order valence-corrected chi connectivity index (χ1v) is 15.1. The Hall–Kier alpha value is -4.28.